The summed E-state index contributed by atoms with van der Waals surface area (Å²) in [6.07, 6.45) is 0. The van der Waals surface area contributed by atoms with Gasteiger partial charge in [-0.3, -0.25) is 0 Å². The molecule has 0 spiro atoms. The first-order valence-electron chi connectivity index (χ1n) is 5.00. The summed E-state index contributed by atoms with van der Waals surface area (Å²) in [7, 11) is 0. The highest BCUT2D eigenvalue weighted by Crippen LogP contribution is 2.15. The highest BCUT2D eigenvalue weighted by Gasteiger charge is 2.05. The van der Waals surface area contributed by atoms with Crippen LogP contribution in [0.2, 0.25) is 0 Å². The third-order valence-electron chi connectivity index (χ3n) is 1.96. The average Bonchev–Trinajstić information content (AvgIpc) is 2.29. The zero-order valence-corrected chi connectivity index (χ0v) is 9.32. The molecular formula is C13H12O5. The van der Waals surface area contributed by atoms with Crippen molar-refractivity contribution >= 4 is 5.97 Å². The fraction of sp³-hybridized carbons (Fsp3) is 0. The van der Waals surface area contributed by atoms with Crippen LogP contribution in [0.15, 0.2) is 48.5 Å². The van der Waals surface area contributed by atoms with E-state index >= 15 is 0 Å². The molecule has 0 saturated carbocycles. The maximum atomic E-state index is 10.3. The van der Waals surface area contributed by atoms with E-state index in [0.29, 0.717) is 0 Å². The number of carbonyl (C=O) groups is 1. The molecular weight excluding hydrogens is 236 g/mol. The van der Waals surface area contributed by atoms with Crippen LogP contribution in [0.4, 0.5) is 0 Å². The molecule has 0 radical (unpaired) electrons. The monoisotopic (exact) mass is 248 g/mol. The normalized spacial score (nSPS) is 9.11. The molecule has 0 heterocycles. The molecule has 2 aromatic carbocycles. The Morgan fingerprint density at radius 1 is 0.833 bits per heavy atom. The molecule has 0 aliphatic heterocycles. The van der Waals surface area contributed by atoms with E-state index in [1.807, 2.05) is 0 Å². The molecule has 0 amide bonds. The van der Waals surface area contributed by atoms with E-state index in [2.05, 4.69) is 0 Å². The van der Waals surface area contributed by atoms with Crippen molar-refractivity contribution < 1.29 is 25.2 Å². The molecule has 4 N–H and O–H groups in total. The largest absolute Gasteiger partial charge is 0.508 e. The number of benzene rings is 2. The van der Waals surface area contributed by atoms with E-state index in [9.17, 15) is 4.79 Å². The van der Waals surface area contributed by atoms with Crippen LogP contribution in [0, 0.1) is 0 Å². The van der Waals surface area contributed by atoms with E-state index < -0.39 is 5.97 Å². The number of carboxylic acids is 1. The molecule has 5 nitrogen and oxygen atoms in total. The van der Waals surface area contributed by atoms with Gasteiger partial charge in [0.15, 0.2) is 0 Å². The van der Waals surface area contributed by atoms with Crippen LogP contribution in [-0.4, -0.2) is 26.4 Å². The van der Waals surface area contributed by atoms with Gasteiger partial charge in [0.1, 0.15) is 22.8 Å². The predicted octanol–water partition coefficient (Wildman–Crippen LogP) is 2.19. The van der Waals surface area contributed by atoms with Gasteiger partial charge in [-0.2, -0.15) is 0 Å². The van der Waals surface area contributed by atoms with Crippen molar-refractivity contribution in [3.8, 4) is 17.2 Å². The van der Waals surface area contributed by atoms with Crippen molar-refractivity contribution in [2.45, 2.75) is 0 Å². The quantitative estimate of drug-likeness (QED) is 0.620. The SMILES string of the molecule is O=C(O)c1ccccc1O.Oc1cccc(O)c1. The lowest BCUT2D eigenvalue weighted by Gasteiger charge is -1.95. The van der Waals surface area contributed by atoms with Crippen LogP contribution in [0.3, 0.4) is 0 Å². The number of phenols is 3. The lowest BCUT2D eigenvalue weighted by Crippen LogP contribution is -1.95. The van der Waals surface area contributed by atoms with Gasteiger partial charge >= 0.3 is 5.97 Å². The van der Waals surface area contributed by atoms with Crippen molar-refractivity contribution in [2.24, 2.45) is 0 Å². The third kappa shape index (κ3) is 4.05. The molecule has 5 heteroatoms. The van der Waals surface area contributed by atoms with Crippen LogP contribution < -0.4 is 0 Å². The maximum absolute atomic E-state index is 10.3. The van der Waals surface area contributed by atoms with E-state index in [0.717, 1.165) is 0 Å². The summed E-state index contributed by atoms with van der Waals surface area (Å²) in [5.41, 5.74) is -0.0671. The number of phenolic OH excluding ortho intramolecular Hbond substituents is 2. The van der Waals surface area contributed by atoms with Gasteiger partial charge in [-0.1, -0.05) is 18.2 Å². The Labute approximate surface area is 103 Å². The molecule has 0 aliphatic carbocycles. The molecule has 0 fully saturated rings. The van der Waals surface area contributed by atoms with Crippen molar-refractivity contribution in [1.82, 2.24) is 0 Å². The second-order valence-corrected chi connectivity index (χ2v) is 3.34. The Balaban J connectivity index is 0.000000184. The smallest absolute Gasteiger partial charge is 0.339 e. The Bertz CT molecular complexity index is 519. The Morgan fingerprint density at radius 3 is 1.72 bits per heavy atom. The average molecular weight is 248 g/mol. The maximum Gasteiger partial charge on any atom is 0.339 e. The van der Waals surface area contributed by atoms with E-state index in [1.54, 1.807) is 18.2 Å². The number of hydrogen-bond acceptors (Lipinski definition) is 4. The van der Waals surface area contributed by atoms with Crippen molar-refractivity contribution in [3.63, 3.8) is 0 Å². The van der Waals surface area contributed by atoms with E-state index in [4.69, 9.17) is 20.4 Å². The molecule has 18 heavy (non-hydrogen) atoms. The summed E-state index contributed by atoms with van der Waals surface area (Å²) in [6, 6.07) is 11.7. The molecule has 0 atom stereocenters. The standard InChI is InChI=1S/C7H6O3.C6H6O2/c8-6-4-2-1-3-5(6)7(9)10;7-5-2-1-3-6(8)4-5/h1-4,8H,(H,9,10);1-4,7-8H. The second kappa shape index (κ2) is 6.15. The summed E-state index contributed by atoms with van der Waals surface area (Å²) in [4.78, 5) is 10.3. The van der Waals surface area contributed by atoms with Gasteiger partial charge < -0.3 is 20.4 Å². The van der Waals surface area contributed by atoms with Crippen LogP contribution in [0.5, 0.6) is 17.2 Å². The predicted molar refractivity (Wildman–Crippen MR) is 64.8 cm³/mol. The highest BCUT2D eigenvalue weighted by atomic mass is 16.4. The molecule has 0 unspecified atom stereocenters. The zero-order valence-electron chi connectivity index (χ0n) is 9.32. The number of hydrogen-bond donors (Lipinski definition) is 4. The molecule has 0 aliphatic rings. The van der Waals surface area contributed by atoms with Crippen molar-refractivity contribution in [3.05, 3.63) is 54.1 Å². The zero-order chi connectivity index (χ0) is 13.5. The van der Waals surface area contributed by atoms with Crippen LogP contribution in [0.1, 0.15) is 10.4 Å². The fourth-order valence-electron chi connectivity index (χ4n) is 1.15. The summed E-state index contributed by atoms with van der Waals surface area (Å²) in [5, 5.41) is 34.6. The highest BCUT2D eigenvalue weighted by molar-refractivity contribution is 5.90. The molecule has 0 aromatic heterocycles. The number of carboxylic acid groups (broad SMARTS) is 1. The Kier molecular flexibility index (Phi) is 4.57. The second-order valence-electron chi connectivity index (χ2n) is 3.34. The molecule has 0 saturated heterocycles. The number of aromatic carboxylic acids is 1. The molecule has 2 rings (SSSR count). The first-order valence-corrected chi connectivity index (χ1v) is 5.00. The van der Waals surface area contributed by atoms with E-state index in [1.165, 1.54) is 30.3 Å². The van der Waals surface area contributed by atoms with Gasteiger partial charge in [-0.15, -0.1) is 0 Å². The fourth-order valence-corrected chi connectivity index (χ4v) is 1.15. The van der Waals surface area contributed by atoms with Crippen LogP contribution in [0.25, 0.3) is 0 Å². The third-order valence-corrected chi connectivity index (χ3v) is 1.96. The molecule has 0 bridgehead atoms. The van der Waals surface area contributed by atoms with E-state index in [-0.39, 0.29) is 22.8 Å². The van der Waals surface area contributed by atoms with Gasteiger partial charge in [-0.05, 0) is 24.3 Å². The minimum Gasteiger partial charge on any atom is -0.508 e. The van der Waals surface area contributed by atoms with Crippen LogP contribution in [-0.2, 0) is 0 Å². The van der Waals surface area contributed by atoms with Gasteiger partial charge in [0, 0.05) is 6.07 Å². The minimum absolute atomic E-state index is 0.0671. The minimum atomic E-state index is -1.11. The number of rotatable bonds is 1. The van der Waals surface area contributed by atoms with Gasteiger partial charge in [-0.25, -0.2) is 4.79 Å². The molecule has 2 aromatic rings. The van der Waals surface area contributed by atoms with Crippen molar-refractivity contribution in [2.75, 3.05) is 0 Å². The van der Waals surface area contributed by atoms with Crippen molar-refractivity contribution in [1.29, 1.82) is 0 Å². The first-order chi connectivity index (χ1) is 8.50. The Morgan fingerprint density at radius 2 is 1.39 bits per heavy atom. The summed E-state index contributed by atoms with van der Waals surface area (Å²) in [5.74, 6) is -1.14. The lowest BCUT2D eigenvalue weighted by atomic mass is 10.2. The van der Waals surface area contributed by atoms with Crippen LogP contribution >= 0.6 is 0 Å². The number of aromatic hydroxyl groups is 3. The first kappa shape index (κ1) is 13.4. The molecule has 94 valence electrons. The van der Waals surface area contributed by atoms with Gasteiger partial charge in [0.05, 0.1) is 0 Å². The summed E-state index contributed by atoms with van der Waals surface area (Å²) < 4.78 is 0. The number of para-hydroxylation sites is 1. The topological polar surface area (TPSA) is 98.0 Å². The summed E-state index contributed by atoms with van der Waals surface area (Å²) in [6.45, 7) is 0. The van der Waals surface area contributed by atoms with Gasteiger partial charge in [0.25, 0.3) is 0 Å². The van der Waals surface area contributed by atoms with Gasteiger partial charge in [0.2, 0.25) is 0 Å². The lowest BCUT2D eigenvalue weighted by molar-refractivity contribution is 0.0693. The summed E-state index contributed by atoms with van der Waals surface area (Å²) >= 11 is 0. The Hall–Kier alpha value is -2.69.